The van der Waals surface area contributed by atoms with Gasteiger partial charge in [-0.3, -0.25) is 0 Å². The van der Waals surface area contributed by atoms with Gasteiger partial charge < -0.3 is 4.74 Å². The van der Waals surface area contributed by atoms with Gasteiger partial charge in [-0.15, -0.1) is 11.3 Å². The first-order valence-electron chi connectivity index (χ1n) is 5.21. The van der Waals surface area contributed by atoms with Crippen molar-refractivity contribution in [3.8, 4) is 5.75 Å². The van der Waals surface area contributed by atoms with Crippen LogP contribution in [-0.2, 0) is 6.42 Å². The second kappa shape index (κ2) is 6.03. The number of halogens is 2. The van der Waals surface area contributed by atoms with E-state index in [1.54, 1.807) is 18.4 Å². The van der Waals surface area contributed by atoms with Crippen molar-refractivity contribution in [2.75, 3.05) is 7.11 Å². The van der Waals surface area contributed by atoms with Gasteiger partial charge in [-0.05, 0) is 52.2 Å². The van der Waals surface area contributed by atoms with Crippen LogP contribution in [0, 0.1) is 0 Å². The van der Waals surface area contributed by atoms with Crippen LogP contribution in [0.5, 0.6) is 5.75 Å². The van der Waals surface area contributed by atoms with E-state index in [4.69, 9.17) is 4.74 Å². The highest BCUT2D eigenvalue weighted by molar-refractivity contribution is 9.11. The summed E-state index contributed by atoms with van der Waals surface area (Å²) in [5.41, 5.74) is 1.27. The van der Waals surface area contributed by atoms with Gasteiger partial charge in [0.2, 0.25) is 0 Å². The minimum atomic E-state index is 0.353. The maximum absolute atomic E-state index is 5.23. The fourth-order valence-corrected chi connectivity index (χ4v) is 3.81. The van der Waals surface area contributed by atoms with Crippen LogP contribution < -0.4 is 4.74 Å². The van der Waals surface area contributed by atoms with Gasteiger partial charge in [0.25, 0.3) is 0 Å². The topological polar surface area (TPSA) is 9.23 Å². The number of thiophene rings is 1. The SMILES string of the molecule is COc1cccc(CC(Br)c2ccc(Br)s2)c1. The van der Waals surface area contributed by atoms with Gasteiger partial charge in [0.1, 0.15) is 5.75 Å². The van der Waals surface area contributed by atoms with E-state index in [9.17, 15) is 0 Å². The quantitative estimate of drug-likeness (QED) is 0.667. The molecule has 90 valence electrons. The summed E-state index contributed by atoms with van der Waals surface area (Å²) in [6.07, 6.45) is 0.962. The molecule has 0 bridgehead atoms. The molecule has 1 atom stereocenters. The second-order valence-corrected chi connectivity index (χ2v) is 7.26. The van der Waals surface area contributed by atoms with Crippen molar-refractivity contribution in [1.29, 1.82) is 0 Å². The van der Waals surface area contributed by atoms with E-state index in [0.717, 1.165) is 12.2 Å². The third-order valence-electron chi connectivity index (χ3n) is 2.45. The lowest BCUT2D eigenvalue weighted by Crippen LogP contribution is -1.93. The smallest absolute Gasteiger partial charge is 0.119 e. The first-order chi connectivity index (χ1) is 8.19. The molecule has 1 unspecified atom stereocenters. The average molecular weight is 376 g/mol. The molecular weight excluding hydrogens is 364 g/mol. The van der Waals surface area contributed by atoms with Crippen LogP contribution in [0.25, 0.3) is 0 Å². The number of benzene rings is 1. The van der Waals surface area contributed by atoms with Crippen LogP contribution in [-0.4, -0.2) is 7.11 Å². The van der Waals surface area contributed by atoms with Crippen molar-refractivity contribution >= 4 is 43.2 Å². The lowest BCUT2D eigenvalue weighted by Gasteiger charge is -2.08. The maximum Gasteiger partial charge on any atom is 0.119 e. The molecule has 1 nitrogen and oxygen atoms in total. The van der Waals surface area contributed by atoms with E-state index in [0.29, 0.717) is 4.83 Å². The summed E-state index contributed by atoms with van der Waals surface area (Å²) >= 11 is 8.98. The molecule has 2 aromatic rings. The molecule has 0 spiro atoms. The van der Waals surface area contributed by atoms with Crippen molar-refractivity contribution in [3.63, 3.8) is 0 Å². The van der Waals surface area contributed by atoms with Gasteiger partial charge >= 0.3 is 0 Å². The summed E-state index contributed by atoms with van der Waals surface area (Å²) in [7, 11) is 1.70. The highest BCUT2D eigenvalue weighted by Crippen LogP contribution is 2.34. The number of alkyl halides is 1. The summed E-state index contributed by atoms with van der Waals surface area (Å²) in [6, 6.07) is 12.4. The van der Waals surface area contributed by atoms with E-state index in [1.165, 1.54) is 14.2 Å². The Morgan fingerprint density at radius 2 is 2.12 bits per heavy atom. The minimum absolute atomic E-state index is 0.353. The Balaban J connectivity index is 2.09. The molecular formula is C13H12Br2OS. The average Bonchev–Trinajstić information content (AvgIpc) is 2.76. The molecule has 0 aliphatic heterocycles. The second-order valence-electron chi connectivity index (χ2n) is 3.67. The summed E-state index contributed by atoms with van der Waals surface area (Å²) in [4.78, 5) is 1.69. The predicted molar refractivity (Wildman–Crippen MR) is 80.4 cm³/mol. The van der Waals surface area contributed by atoms with E-state index < -0.39 is 0 Å². The van der Waals surface area contributed by atoms with E-state index in [1.807, 2.05) is 12.1 Å². The molecule has 0 radical (unpaired) electrons. The maximum atomic E-state index is 5.23. The lowest BCUT2D eigenvalue weighted by atomic mass is 10.1. The van der Waals surface area contributed by atoms with E-state index >= 15 is 0 Å². The Labute approximate surface area is 122 Å². The Hall–Kier alpha value is -0.320. The zero-order valence-electron chi connectivity index (χ0n) is 9.32. The van der Waals surface area contributed by atoms with Gasteiger partial charge in [0, 0.05) is 4.88 Å². The van der Waals surface area contributed by atoms with E-state index in [-0.39, 0.29) is 0 Å². The van der Waals surface area contributed by atoms with Crippen LogP contribution in [0.3, 0.4) is 0 Å². The predicted octanol–water partition coefficient (Wildman–Crippen LogP) is 5.20. The molecule has 0 fully saturated rings. The van der Waals surface area contributed by atoms with Gasteiger partial charge in [-0.2, -0.15) is 0 Å². The molecule has 0 saturated carbocycles. The summed E-state index contributed by atoms with van der Waals surface area (Å²) in [6.45, 7) is 0. The van der Waals surface area contributed by atoms with Crippen LogP contribution in [0.15, 0.2) is 40.2 Å². The summed E-state index contributed by atoms with van der Waals surface area (Å²) in [5, 5.41) is 0. The molecule has 2 rings (SSSR count). The standard InChI is InChI=1S/C13H12Br2OS/c1-16-10-4-2-3-9(7-10)8-11(14)12-5-6-13(15)17-12/h2-7,11H,8H2,1H3. The van der Waals surface area contributed by atoms with Crippen molar-refractivity contribution in [2.45, 2.75) is 11.2 Å². The Morgan fingerprint density at radius 3 is 2.76 bits per heavy atom. The van der Waals surface area contributed by atoms with Crippen LogP contribution >= 0.6 is 43.2 Å². The molecule has 0 aliphatic rings. The number of hydrogen-bond acceptors (Lipinski definition) is 2. The number of methoxy groups -OCH3 is 1. The van der Waals surface area contributed by atoms with Gasteiger partial charge in [-0.1, -0.05) is 28.1 Å². The van der Waals surface area contributed by atoms with Crippen molar-refractivity contribution in [3.05, 3.63) is 50.6 Å². The first-order valence-corrected chi connectivity index (χ1v) is 7.74. The van der Waals surface area contributed by atoms with E-state index in [2.05, 4.69) is 56.1 Å². The third kappa shape index (κ3) is 3.57. The van der Waals surface area contributed by atoms with Crippen molar-refractivity contribution in [2.24, 2.45) is 0 Å². The van der Waals surface area contributed by atoms with Crippen LogP contribution in [0.1, 0.15) is 15.3 Å². The molecule has 0 aliphatic carbocycles. The van der Waals surface area contributed by atoms with Crippen LogP contribution in [0.2, 0.25) is 0 Å². The Morgan fingerprint density at radius 1 is 1.29 bits per heavy atom. The molecule has 1 aromatic carbocycles. The molecule has 0 saturated heterocycles. The minimum Gasteiger partial charge on any atom is -0.497 e. The zero-order chi connectivity index (χ0) is 12.3. The normalized spacial score (nSPS) is 12.4. The number of ether oxygens (including phenoxy) is 1. The number of hydrogen-bond donors (Lipinski definition) is 0. The lowest BCUT2D eigenvalue weighted by molar-refractivity contribution is 0.414. The Kier molecular flexibility index (Phi) is 4.65. The van der Waals surface area contributed by atoms with Crippen molar-refractivity contribution in [1.82, 2.24) is 0 Å². The van der Waals surface area contributed by atoms with Gasteiger partial charge in [0.15, 0.2) is 0 Å². The largest absolute Gasteiger partial charge is 0.497 e. The molecule has 1 heterocycles. The summed E-state index contributed by atoms with van der Waals surface area (Å²) in [5.74, 6) is 0.912. The van der Waals surface area contributed by atoms with Crippen LogP contribution in [0.4, 0.5) is 0 Å². The zero-order valence-corrected chi connectivity index (χ0v) is 13.3. The third-order valence-corrected chi connectivity index (χ3v) is 5.31. The Bertz CT molecular complexity index is 496. The molecule has 17 heavy (non-hydrogen) atoms. The van der Waals surface area contributed by atoms with Crippen molar-refractivity contribution < 1.29 is 4.74 Å². The fraction of sp³-hybridized carbons (Fsp3) is 0.231. The van der Waals surface area contributed by atoms with Gasteiger partial charge in [-0.25, -0.2) is 0 Å². The highest BCUT2D eigenvalue weighted by atomic mass is 79.9. The molecule has 4 heteroatoms. The summed E-state index contributed by atoms with van der Waals surface area (Å²) < 4.78 is 6.40. The molecule has 0 amide bonds. The molecule has 0 N–H and O–H groups in total. The molecule has 1 aromatic heterocycles. The number of rotatable bonds is 4. The van der Waals surface area contributed by atoms with Gasteiger partial charge in [0.05, 0.1) is 15.7 Å². The first kappa shape index (κ1) is 13.1. The highest BCUT2D eigenvalue weighted by Gasteiger charge is 2.11. The monoisotopic (exact) mass is 374 g/mol. The fourth-order valence-electron chi connectivity index (χ4n) is 1.60.